The molecule has 0 aromatic heterocycles. The Kier molecular flexibility index (Phi) is 5.25. The second-order valence-corrected chi connectivity index (χ2v) is 5.95. The minimum atomic E-state index is 0.823. The normalized spacial score (nSPS) is 23.9. The summed E-state index contributed by atoms with van der Waals surface area (Å²) in [5.41, 5.74) is 1.51. The Labute approximate surface area is 112 Å². The van der Waals surface area contributed by atoms with Crippen LogP contribution in [0.2, 0.25) is 0 Å². The lowest BCUT2D eigenvalue weighted by Crippen LogP contribution is -2.22. The first-order chi connectivity index (χ1) is 8.79. The topological polar surface area (TPSA) is 12.0 Å². The molecule has 2 rings (SSSR count). The van der Waals surface area contributed by atoms with Gasteiger partial charge in [-0.3, -0.25) is 0 Å². The maximum absolute atomic E-state index is 3.59. The fourth-order valence-corrected chi connectivity index (χ4v) is 2.61. The maximum Gasteiger partial charge on any atom is -0.00233 e. The molecular formula is C17H27N. The number of rotatable bonds is 8. The van der Waals surface area contributed by atoms with Gasteiger partial charge in [-0.1, -0.05) is 50.6 Å². The Morgan fingerprint density at radius 3 is 2.72 bits per heavy atom. The minimum absolute atomic E-state index is 0.823. The summed E-state index contributed by atoms with van der Waals surface area (Å²) < 4.78 is 0. The Bertz CT molecular complexity index is 333. The van der Waals surface area contributed by atoms with Crippen LogP contribution in [0, 0.1) is 17.8 Å². The first kappa shape index (κ1) is 13.6. The summed E-state index contributed by atoms with van der Waals surface area (Å²) in [7, 11) is 0. The summed E-state index contributed by atoms with van der Waals surface area (Å²) in [5.74, 6) is 2.76. The van der Waals surface area contributed by atoms with Crippen molar-refractivity contribution in [1.29, 1.82) is 0 Å². The molecule has 0 spiro atoms. The highest BCUT2D eigenvalue weighted by atomic mass is 14.9. The standard InChI is InChI=1S/C17H27N/c1-3-14(2)13-18-10-9-16-12-17(16)11-15-7-5-4-6-8-15/h4-8,14,16-18H,3,9-13H2,1-2H3. The molecule has 0 saturated heterocycles. The Morgan fingerprint density at radius 1 is 1.22 bits per heavy atom. The van der Waals surface area contributed by atoms with Gasteiger partial charge < -0.3 is 5.32 Å². The highest BCUT2D eigenvalue weighted by molar-refractivity contribution is 5.16. The van der Waals surface area contributed by atoms with Gasteiger partial charge in [0.15, 0.2) is 0 Å². The fraction of sp³-hybridized carbons (Fsp3) is 0.647. The van der Waals surface area contributed by atoms with E-state index in [1.54, 1.807) is 0 Å². The number of hydrogen-bond donors (Lipinski definition) is 1. The third-order valence-corrected chi connectivity index (χ3v) is 4.29. The van der Waals surface area contributed by atoms with E-state index in [-0.39, 0.29) is 0 Å². The average molecular weight is 245 g/mol. The summed E-state index contributed by atoms with van der Waals surface area (Å²) in [6, 6.07) is 10.9. The molecule has 1 aliphatic carbocycles. The molecule has 3 unspecified atom stereocenters. The molecule has 100 valence electrons. The van der Waals surface area contributed by atoms with E-state index in [1.807, 2.05) is 0 Å². The Balaban J connectivity index is 1.55. The molecule has 0 bridgehead atoms. The van der Waals surface area contributed by atoms with E-state index in [4.69, 9.17) is 0 Å². The summed E-state index contributed by atoms with van der Waals surface area (Å²) in [4.78, 5) is 0. The van der Waals surface area contributed by atoms with Gasteiger partial charge in [0.25, 0.3) is 0 Å². The van der Waals surface area contributed by atoms with E-state index in [2.05, 4.69) is 49.5 Å². The zero-order valence-corrected chi connectivity index (χ0v) is 11.9. The first-order valence-electron chi connectivity index (χ1n) is 7.54. The van der Waals surface area contributed by atoms with Crippen LogP contribution in [0.25, 0.3) is 0 Å². The lowest BCUT2D eigenvalue weighted by atomic mass is 10.1. The van der Waals surface area contributed by atoms with Crippen molar-refractivity contribution >= 4 is 0 Å². The van der Waals surface area contributed by atoms with Crippen molar-refractivity contribution < 1.29 is 0 Å². The Hall–Kier alpha value is -0.820. The van der Waals surface area contributed by atoms with E-state index >= 15 is 0 Å². The van der Waals surface area contributed by atoms with Crippen LogP contribution in [0.3, 0.4) is 0 Å². The number of benzene rings is 1. The van der Waals surface area contributed by atoms with Crippen LogP contribution in [0.1, 0.15) is 38.7 Å². The summed E-state index contributed by atoms with van der Waals surface area (Å²) in [5, 5.41) is 3.59. The second-order valence-electron chi connectivity index (χ2n) is 5.95. The van der Waals surface area contributed by atoms with Crippen LogP contribution < -0.4 is 5.32 Å². The highest BCUT2D eigenvalue weighted by Gasteiger charge is 2.35. The van der Waals surface area contributed by atoms with E-state index in [0.717, 1.165) is 17.8 Å². The minimum Gasteiger partial charge on any atom is -0.316 e. The molecule has 1 N–H and O–H groups in total. The SMILES string of the molecule is CCC(C)CNCCC1CC1Cc1ccccc1. The molecule has 1 saturated carbocycles. The monoisotopic (exact) mass is 245 g/mol. The first-order valence-corrected chi connectivity index (χ1v) is 7.54. The lowest BCUT2D eigenvalue weighted by Gasteiger charge is -2.09. The van der Waals surface area contributed by atoms with Crippen molar-refractivity contribution in [1.82, 2.24) is 5.32 Å². The molecule has 0 radical (unpaired) electrons. The lowest BCUT2D eigenvalue weighted by molar-refractivity contribution is 0.483. The van der Waals surface area contributed by atoms with E-state index < -0.39 is 0 Å². The highest BCUT2D eigenvalue weighted by Crippen LogP contribution is 2.43. The molecule has 1 aromatic rings. The van der Waals surface area contributed by atoms with Gasteiger partial charge in [0, 0.05) is 0 Å². The zero-order chi connectivity index (χ0) is 12.8. The second kappa shape index (κ2) is 6.94. The maximum atomic E-state index is 3.59. The third kappa shape index (κ3) is 4.45. The van der Waals surface area contributed by atoms with Gasteiger partial charge in [-0.05, 0) is 55.7 Å². The molecule has 1 nitrogen and oxygen atoms in total. The molecule has 18 heavy (non-hydrogen) atoms. The van der Waals surface area contributed by atoms with Crippen LogP contribution >= 0.6 is 0 Å². The van der Waals surface area contributed by atoms with Gasteiger partial charge in [-0.2, -0.15) is 0 Å². The van der Waals surface area contributed by atoms with Gasteiger partial charge in [-0.15, -0.1) is 0 Å². The van der Waals surface area contributed by atoms with Crippen molar-refractivity contribution in [2.75, 3.05) is 13.1 Å². The molecule has 1 aliphatic rings. The fourth-order valence-electron chi connectivity index (χ4n) is 2.61. The van der Waals surface area contributed by atoms with Crippen LogP contribution in [0.15, 0.2) is 30.3 Å². The van der Waals surface area contributed by atoms with Gasteiger partial charge in [0.1, 0.15) is 0 Å². The van der Waals surface area contributed by atoms with Crippen LogP contribution in [-0.4, -0.2) is 13.1 Å². The van der Waals surface area contributed by atoms with E-state index in [0.29, 0.717) is 0 Å². The molecule has 1 heteroatoms. The zero-order valence-electron chi connectivity index (χ0n) is 11.9. The molecule has 3 atom stereocenters. The predicted octanol–water partition coefficient (Wildman–Crippen LogP) is 3.89. The summed E-state index contributed by atoms with van der Waals surface area (Å²) >= 11 is 0. The van der Waals surface area contributed by atoms with Crippen LogP contribution in [0.5, 0.6) is 0 Å². The molecule has 0 heterocycles. The quantitative estimate of drug-likeness (QED) is 0.685. The molecular weight excluding hydrogens is 218 g/mol. The predicted molar refractivity (Wildman–Crippen MR) is 78.7 cm³/mol. The third-order valence-electron chi connectivity index (χ3n) is 4.29. The molecule has 0 amide bonds. The van der Waals surface area contributed by atoms with E-state index in [1.165, 1.54) is 44.3 Å². The number of nitrogens with one attached hydrogen (secondary N) is 1. The molecule has 1 aromatic carbocycles. The Morgan fingerprint density at radius 2 is 2.00 bits per heavy atom. The van der Waals surface area contributed by atoms with Crippen molar-refractivity contribution in [2.45, 2.75) is 39.5 Å². The van der Waals surface area contributed by atoms with Gasteiger partial charge >= 0.3 is 0 Å². The summed E-state index contributed by atoms with van der Waals surface area (Å²) in [6.45, 7) is 6.98. The number of hydrogen-bond acceptors (Lipinski definition) is 1. The van der Waals surface area contributed by atoms with Crippen molar-refractivity contribution in [3.63, 3.8) is 0 Å². The van der Waals surface area contributed by atoms with Gasteiger partial charge in [0.05, 0.1) is 0 Å². The van der Waals surface area contributed by atoms with Crippen LogP contribution in [-0.2, 0) is 6.42 Å². The average Bonchev–Trinajstić information content (AvgIpc) is 3.14. The van der Waals surface area contributed by atoms with Gasteiger partial charge in [0.2, 0.25) is 0 Å². The largest absolute Gasteiger partial charge is 0.316 e. The van der Waals surface area contributed by atoms with Crippen LogP contribution in [0.4, 0.5) is 0 Å². The van der Waals surface area contributed by atoms with Crippen molar-refractivity contribution in [3.8, 4) is 0 Å². The summed E-state index contributed by atoms with van der Waals surface area (Å²) in [6.07, 6.45) is 5.39. The van der Waals surface area contributed by atoms with E-state index in [9.17, 15) is 0 Å². The van der Waals surface area contributed by atoms with Crippen molar-refractivity contribution in [2.24, 2.45) is 17.8 Å². The molecule has 0 aliphatic heterocycles. The molecule has 1 fully saturated rings. The van der Waals surface area contributed by atoms with Crippen molar-refractivity contribution in [3.05, 3.63) is 35.9 Å². The smallest absolute Gasteiger partial charge is 0.00233 e. The van der Waals surface area contributed by atoms with Gasteiger partial charge in [-0.25, -0.2) is 0 Å².